The van der Waals surface area contributed by atoms with E-state index in [0.717, 1.165) is 10.0 Å². The van der Waals surface area contributed by atoms with E-state index in [9.17, 15) is 13.2 Å². The van der Waals surface area contributed by atoms with Crippen LogP contribution >= 0.6 is 15.9 Å². The van der Waals surface area contributed by atoms with Crippen LogP contribution in [0.1, 0.15) is 15.9 Å². The van der Waals surface area contributed by atoms with Gasteiger partial charge in [0.15, 0.2) is 0 Å². The van der Waals surface area contributed by atoms with Crippen molar-refractivity contribution in [3.63, 3.8) is 0 Å². The lowest BCUT2D eigenvalue weighted by molar-refractivity contribution is 0.0729. The molecule has 3 rings (SSSR count). The minimum atomic E-state index is -3.79. The molecule has 1 saturated heterocycles. The van der Waals surface area contributed by atoms with Crippen molar-refractivity contribution in [1.29, 1.82) is 0 Å². The first-order valence-corrected chi connectivity index (χ1v) is 11.4. The zero-order chi connectivity index (χ0) is 20.9. The van der Waals surface area contributed by atoms with Crippen LogP contribution < -0.4 is 10.1 Å². The van der Waals surface area contributed by atoms with Crippen molar-refractivity contribution in [3.8, 4) is 5.75 Å². The van der Waals surface area contributed by atoms with Gasteiger partial charge in [0.05, 0.1) is 20.3 Å². The van der Waals surface area contributed by atoms with E-state index in [2.05, 4.69) is 21.2 Å². The predicted molar refractivity (Wildman–Crippen MR) is 113 cm³/mol. The van der Waals surface area contributed by atoms with Crippen LogP contribution in [0.15, 0.2) is 51.8 Å². The van der Waals surface area contributed by atoms with Gasteiger partial charge in [0.25, 0.3) is 5.91 Å². The quantitative estimate of drug-likeness (QED) is 0.654. The number of sulfonamides is 1. The van der Waals surface area contributed by atoms with Crippen molar-refractivity contribution >= 4 is 31.9 Å². The lowest BCUT2D eigenvalue weighted by Crippen LogP contribution is -2.40. The lowest BCUT2D eigenvalue weighted by Gasteiger charge is -2.26. The van der Waals surface area contributed by atoms with Gasteiger partial charge < -0.3 is 14.8 Å². The van der Waals surface area contributed by atoms with E-state index in [0.29, 0.717) is 26.2 Å². The molecule has 9 heteroatoms. The Bertz CT molecular complexity index is 975. The van der Waals surface area contributed by atoms with Crippen LogP contribution in [0.25, 0.3) is 0 Å². The number of morpholine rings is 1. The van der Waals surface area contributed by atoms with E-state index in [4.69, 9.17) is 9.47 Å². The second-order valence-electron chi connectivity index (χ2n) is 6.48. The van der Waals surface area contributed by atoms with Gasteiger partial charge in [-0.3, -0.25) is 4.79 Å². The normalized spacial score (nSPS) is 15.1. The van der Waals surface area contributed by atoms with Gasteiger partial charge in [-0.2, -0.15) is 4.31 Å². The number of hydrogen-bond acceptors (Lipinski definition) is 5. The maximum Gasteiger partial charge on any atom is 0.251 e. The van der Waals surface area contributed by atoms with Crippen LogP contribution in [-0.2, 0) is 21.2 Å². The Morgan fingerprint density at radius 1 is 1.21 bits per heavy atom. The molecule has 1 heterocycles. The van der Waals surface area contributed by atoms with Gasteiger partial charge in [0.2, 0.25) is 10.0 Å². The molecule has 0 unspecified atom stereocenters. The van der Waals surface area contributed by atoms with E-state index >= 15 is 0 Å². The molecule has 1 amide bonds. The summed E-state index contributed by atoms with van der Waals surface area (Å²) in [7, 11) is -2.38. The number of carbonyl (C=O) groups excluding carboxylic acids is 1. The van der Waals surface area contributed by atoms with Crippen LogP contribution in [-0.4, -0.2) is 58.6 Å². The fourth-order valence-electron chi connectivity index (χ4n) is 3.06. The summed E-state index contributed by atoms with van der Waals surface area (Å²) in [5.41, 5.74) is 1.35. The van der Waals surface area contributed by atoms with Crippen LogP contribution in [0.4, 0.5) is 0 Å². The second kappa shape index (κ2) is 9.71. The van der Waals surface area contributed by atoms with Gasteiger partial charge in [-0.1, -0.05) is 34.1 Å². The largest absolute Gasteiger partial charge is 0.495 e. The first-order valence-electron chi connectivity index (χ1n) is 9.21. The lowest BCUT2D eigenvalue weighted by atomic mass is 10.1. The zero-order valence-corrected chi connectivity index (χ0v) is 18.5. The third-order valence-corrected chi connectivity index (χ3v) is 7.34. The topological polar surface area (TPSA) is 84.9 Å². The van der Waals surface area contributed by atoms with Crippen molar-refractivity contribution in [2.75, 3.05) is 40.0 Å². The standard InChI is InChI=1S/C20H23BrN2O5S/c1-27-18-7-6-16(14-19(18)29(25,26)23-10-12-28-13-11-23)20(24)22-9-8-15-4-2-3-5-17(15)21/h2-7,14H,8-13H2,1H3,(H,22,24). The van der Waals surface area contributed by atoms with E-state index in [1.807, 2.05) is 24.3 Å². The SMILES string of the molecule is COc1ccc(C(=O)NCCc2ccccc2Br)cc1S(=O)(=O)N1CCOCC1. The van der Waals surface area contributed by atoms with E-state index in [1.165, 1.54) is 23.5 Å². The van der Waals surface area contributed by atoms with Crippen LogP contribution in [0.2, 0.25) is 0 Å². The minimum Gasteiger partial charge on any atom is -0.495 e. The highest BCUT2D eigenvalue weighted by atomic mass is 79.9. The fraction of sp³-hybridized carbons (Fsp3) is 0.350. The molecule has 2 aromatic carbocycles. The molecular formula is C20H23BrN2O5S. The molecule has 0 bridgehead atoms. The van der Waals surface area contributed by atoms with Crippen LogP contribution in [0.3, 0.4) is 0 Å². The molecule has 0 radical (unpaired) electrons. The number of carbonyl (C=O) groups is 1. The van der Waals surface area contributed by atoms with Crippen LogP contribution in [0.5, 0.6) is 5.75 Å². The highest BCUT2D eigenvalue weighted by Gasteiger charge is 2.30. The summed E-state index contributed by atoms with van der Waals surface area (Å²) in [6.45, 7) is 1.66. The molecule has 156 valence electrons. The summed E-state index contributed by atoms with van der Waals surface area (Å²) in [6, 6.07) is 12.2. The number of methoxy groups -OCH3 is 1. The average Bonchev–Trinajstić information content (AvgIpc) is 2.75. The molecule has 2 aromatic rings. The van der Waals surface area contributed by atoms with Crippen LogP contribution in [0, 0.1) is 0 Å². The second-order valence-corrected chi connectivity index (χ2v) is 9.24. The smallest absolute Gasteiger partial charge is 0.251 e. The number of nitrogens with zero attached hydrogens (tertiary/aromatic N) is 1. The summed E-state index contributed by atoms with van der Waals surface area (Å²) < 4.78 is 38.9. The van der Waals surface area contributed by atoms with Gasteiger partial charge in [-0.15, -0.1) is 0 Å². The molecule has 1 aliphatic rings. The Balaban J connectivity index is 1.75. The molecule has 29 heavy (non-hydrogen) atoms. The molecule has 0 saturated carbocycles. The number of benzene rings is 2. The summed E-state index contributed by atoms with van der Waals surface area (Å²) in [5.74, 6) is -0.126. The van der Waals surface area contributed by atoms with Crippen molar-refractivity contribution in [1.82, 2.24) is 9.62 Å². The highest BCUT2D eigenvalue weighted by Crippen LogP contribution is 2.28. The minimum absolute atomic E-state index is 0.0136. The van der Waals surface area contributed by atoms with E-state index < -0.39 is 10.0 Å². The summed E-state index contributed by atoms with van der Waals surface area (Å²) in [5, 5.41) is 2.84. The molecule has 0 atom stereocenters. The number of rotatable bonds is 7. The number of halogens is 1. The van der Waals surface area contributed by atoms with Gasteiger partial charge >= 0.3 is 0 Å². The highest BCUT2D eigenvalue weighted by molar-refractivity contribution is 9.10. The Kier molecular flexibility index (Phi) is 7.28. The van der Waals surface area contributed by atoms with Gasteiger partial charge in [-0.25, -0.2) is 8.42 Å². The molecule has 0 spiro atoms. The van der Waals surface area contributed by atoms with Gasteiger partial charge in [0, 0.05) is 29.7 Å². The third-order valence-electron chi connectivity index (χ3n) is 4.65. The molecule has 1 N–H and O–H groups in total. The van der Waals surface area contributed by atoms with Crippen molar-refractivity contribution in [2.45, 2.75) is 11.3 Å². The maximum atomic E-state index is 13.0. The average molecular weight is 483 g/mol. The molecular weight excluding hydrogens is 460 g/mol. The monoisotopic (exact) mass is 482 g/mol. The van der Waals surface area contributed by atoms with Crippen molar-refractivity contribution < 1.29 is 22.7 Å². The number of ether oxygens (including phenoxy) is 2. The Morgan fingerprint density at radius 2 is 1.93 bits per heavy atom. The first kappa shape index (κ1) is 21.8. The molecule has 0 aliphatic carbocycles. The van der Waals surface area contributed by atoms with Crippen molar-refractivity contribution in [2.24, 2.45) is 0 Å². The van der Waals surface area contributed by atoms with E-state index in [1.54, 1.807) is 6.07 Å². The molecule has 0 aromatic heterocycles. The summed E-state index contributed by atoms with van der Waals surface area (Å²) in [6.07, 6.45) is 0.655. The molecule has 1 aliphatic heterocycles. The Morgan fingerprint density at radius 3 is 2.62 bits per heavy atom. The molecule has 7 nitrogen and oxygen atoms in total. The first-order chi connectivity index (χ1) is 13.9. The molecule has 1 fully saturated rings. The Labute approximate surface area is 179 Å². The summed E-state index contributed by atoms with van der Waals surface area (Å²) >= 11 is 3.49. The predicted octanol–water partition coefficient (Wildman–Crippen LogP) is 2.45. The number of hydrogen-bond donors (Lipinski definition) is 1. The van der Waals surface area contributed by atoms with Gasteiger partial charge in [-0.05, 0) is 36.2 Å². The van der Waals surface area contributed by atoms with E-state index in [-0.39, 0.29) is 35.2 Å². The van der Waals surface area contributed by atoms with Gasteiger partial charge in [0.1, 0.15) is 10.6 Å². The summed E-state index contributed by atoms with van der Waals surface area (Å²) in [4.78, 5) is 12.6. The Hall–Kier alpha value is -1.94. The van der Waals surface area contributed by atoms with Crippen molar-refractivity contribution in [3.05, 3.63) is 58.1 Å². The number of nitrogens with one attached hydrogen (secondary N) is 1. The maximum absolute atomic E-state index is 13.0. The fourth-order valence-corrected chi connectivity index (χ4v) is 5.13. The number of amides is 1. The third kappa shape index (κ3) is 5.16. The zero-order valence-electron chi connectivity index (χ0n) is 16.1.